The van der Waals surface area contributed by atoms with Gasteiger partial charge in [-0.2, -0.15) is 0 Å². The molecule has 0 fully saturated rings. The highest BCUT2D eigenvalue weighted by Crippen LogP contribution is 2.28. The zero-order valence-corrected chi connectivity index (χ0v) is 18.3. The molecular weight excluding hydrogens is 422 g/mol. The summed E-state index contributed by atoms with van der Waals surface area (Å²) in [6.45, 7) is 5.58. The molecule has 0 saturated heterocycles. The lowest BCUT2D eigenvalue weighted by molar-refractivity contribution is 0.305. The Labute approximate surface area is 180 Å². The molecule has 0 radical (unpaired) electrons. The van der Waals surface area contributed by atoms with Crippen LogP contribution in [-0.4, -0.2) is 0 Å². The van der Waals surface area contributed by atoms with Crippen LogP contribution in [0.15, 0.2) is 83.3 Å². The molecule has 0 heterocycles. The summed E-state index contributed by atoms with van der Waals surface area (Å²) in [5, 5.41) is 5.96. The van der Waals surface area contributed by atoms with Gasteiger partial charge in [-0.1, -0.05) is 54.6 Å². The topological polar surface area (TPSA) is 21.3 Å². The van der Waals surface area contributed by atoms with Gasteiger partial charge in [0.1, 0.15) is 12.4 Å². The molecule has 4 aromatic rings. The average molecular weight is 446 g/mol. The first-order valence-electron chi connectivity index (χ1n) is 9.79. The van der Waals surface area contributed by atoms with E-state index in [-0.39, 0.29) is 0 Å². The Balaban J connectivity index is 1.42. The van der Waals surface area contributed by atoms with Gasteiger partial charge in [-0.25, -0.2) is 0 Å². The molecule has 0 spiro atoms. The van der Waals surface area contributed by atoms with Crippen LogP contribution in [0.2, 0.25) is 0 Å². The van der Waals surface area contributed by atoms with E-state index in [0.29, 0.717) is 6.61 Å². The quantitative estimate of drug-likeness (QED) is 0.333. The van der Waals surface area contributed by atoms with Gasteiger partial charge in [0.2, 0.25) is 0 Å². The first kappa shape index (κ1) is 19.5. The Hall–Kier alpha value is -2.78. The number of hydrogen-bond acceptors (Lipinski definition) is 2. The van der Waals surface area contributed by atoms with E-state index in [9.17, 15) is 0 Å². The summed E-state index contributed by atoms with van der Waals surface area (Å²) in [5.41, 5.74) is 6.14. The SMILES string of the molecule is Cc1ccc(NCc2ccc(OCc3cccc4ccccc34)c(Br)c2)cc1C. The van der Waals surface area contributed by atoms with Crippen LogP contribution in [0.4, 0.5) is 5.69 Å². The molecule has 0 atom stereocenters. The fourth-order valence-electron chi connectivity index (χ4n) is 3.40. The zero-order valence-electron chi connectivity index (χ0n) is 16.7. The van der Waals surface area contributed by atoms with Crippen LogP contribution in [0.5, 0.6) is 5.75 Å². The fourth-order valence-corrected chi connectivity index (χ4v) is 3.94. The van der Waals surface area contributed by atoms with Crippen LogP contribution < -0.4 is 10.1 Å². The molecule has 0 aromatic heterocycles. The van der Waals surface area contributed by atoms with E-state index in [0.717, 1.165) is 22.5 Å². The second-order valence-corrected chi connectivity index (χ2v) is 8.20. The van der Waals surface area contributed by atoms with E-state index in [4.69, 9.17) is 4.74 Å². The molecule has 3 heteroatoms. The van der Waals surface area contributed by atoms with E-state index in [2.05, 4.69) is 108 Å². The Morgan fingerprint density at radius 1 is 0.828 bits per heavy atom. The largest absolute Gasteiger partial charge is 0.488 e. The molecule has 0 aliphatic heterocycles. The second-order valence-electron chi connectivity index (χ2n) is 7.34. The van der Waals surface area contributed by atoms with Crippen molar-refractivity contribution in [3.63, 3.8) is 0 Å². The van der Waals surface area contributed by atoms with Crippen LogP contribution in [0.3, 0.4) is 0 Å². The molecule has 0 aliphatic rings. The predicted octanol–water partition coefficient (Wildman–Crippen LogP) is 7.41. The molecule has 0 unspecified atom stereocenters. The van der Waals surface area contributed by atoms with Gasteiger partial charge in [0, 0.05) is 12.2 Å². The van der Waals surface area contributed by atoms with Crippen LogP contribution >= 0.6 is 15.9 Å². The number of ether oxygens (including phenoxy) is 1. The third-order valence-electron chi connectivity index (χ3n) is 5.26. The highest BCUT2D eigenvalue weighted by molar-refractivity contribution is 9.10. The first-order valence-corrected chi connectivity index (χ1v) is 10.6. The van der Waals surface area contributed by atoms with Gasteiger partial charge in [0.05, 0.1) is 4.47 Å². The molecule has 0 bridgehead atoms. The van der Waals surface area contributed by atoms with Crippen molar-refractivity contribution in [2.75, 3.05) is 5.32 Å². The minimum atomic E-state index is 0.542. The molecule has 0 amide bonds. The maximum atomic E-state index is 6.11. The van der Waals surface area contributed by atoms with Crippen molar-refractivity contribution in [1.82, 2.24) is 0 Å². The van der Waals surface area contributed by atoms with E-state index in [1.165, 1.54) is 33.0 Å². The number of hydrogen-bond donors (Lipinski definition) is 1. The van der Waals surface area contributed by atoms with E-state index in [1.807, 2.05) is 6.07 Å². The maximum absolute atomic E-state index is 6.11. The van der Waals surface area contributed by atoms with Gasteiger partial charge < -0.3 is 10.1 Å². The van der Waals surface area contributed by atoms with Gasteiger partial charge in [-0.05, 0) is 87.1 Å². The monoisotopic (exact) mass is 445 g/mol. The molecule has 1 N–H and O–H groups in total. The van der Waals surface area contributed by atoms with E-state index < -0.39 is 0 Å². The fraction of sp³-hybridized carbons (Fsp3) is 0.154. The van der Waals surface area contributed by atoms with E-state index in [1.54, 1.807) is 0 Å². The van der Waals surface area contributed by atoms with Crippen molar-refractivity contribution >= 4 is 32.4 Å². The van der Waals surface area contributed by atoms with Crippen molar-refractivity contribution in [3.8, 4) is 5.75 Å². The number of anilines is 1. The van der Waals surface area contributed by atoms with Gasteiger partial charge in [0.15, 0.2) is 0 Å². The predicted molar refractivity (Wildman–Crippen MR) is 126 cm³/mol. The van der Waals surface area contributed by atoms with Crippen molar-refractivity contribution in [2.45, 2.75) is 27.0 Å². The zero-order chi connectivity index (χ0) is 20.2. The molecule has 4 rings (SSSR count). The first-order chi connectivity index (χ1) is 14.1. The number of benzene rings is 4. The molecule has 29 heavy (non-hydrogen) atoms. The number of halogens is 1. The summed E-state index contributed by atoms with van der Waals surface area (Å²) in [4.78, 5) is 0. The molecule has 0 saturated carbocycles. The van der Waals surface area contributed by atoms with Gasteiger partial charge in [-0.15, -0.1) is 0 Å². The lowest BCUT2D eigenvalue weighted by Gasteiger charge is -2.13. The number of aryl methyl sites for hydroxylation is 2. The molecule has 4 aromatic carbocycles. The lowest BCUT2D eigenvalue weighted by atomic mass is 10.1. The highest BCUT2D eigenvalue weighted by Gasteiger charge is 2.06. The summed E-state index contributed by atoms with van der Waals surface area (Å²) in [6, 6.07) is 27.5. The molecule has 0 aliphatic carbocycles. The van der Waals surface area contributed by atoms with Crippen LogP contribution in [0, 0.1) is 13.8 Å². The third kappa shape index (κ3) is 4.63. The summed E-state index contributed by atoms with van der Waals surface area (Å²) >= 11 is 3.67. The maximum Gasteiger partial charge on any atom is 0.134 e. The Kier molecular flexibility index (Phi) is 5.86. The number of fused-ring (bicyclic) bond motifs is 1. The number of rotatable bonds is 6. The Morgan fingerprint density at radius 2 is 1.66 bits per heavy atom. The van der Waals surface area contributed by atoms with Crippen LogP contribution in [0.1, 0.15) is 22.3 Å². The van der Waals surface area contributed by atoms with Crippen molar-refractivity contribution in [2.24, 2.45) is 0 Å². The molecular formula is C26H24BrNO. The summed E-state index contributed by atoms with van der Waals surface area (Å²) in [6.07, 6.45) is 0. The van der Waals surface area contributed by atoms with E-state index >= 15 is 0 Å². The van der Waals surface area contributed by atoms with Gasteiger partial charge >= 0.3 is 0 Å². The third-order valence-corrected chi connectivity index (χ3v) is 5.88. The van der Waals surface area contributed by atoms with Crippen LogP contribution in [0.25, 0.3) is 10.8 Å². The standard InChI is InChI=1S/C26H24BrNO/c1-18-10-12-23(14-19(18)2)28-16-20-11-13-26(25(27)15-20)29-17-22-8-5-7-21-6-3-4-9-24(21)22/h3-15,28H,16-17H2,1-2H3. The minimum Gasteiger partial charge on any atom is -0.488 e. The van der Waals surface area contributed by atoms with Crippen LogP contribution in [-0.2, 0) is 13.2 Å². The lowest BCUT2D eigenvalue weighted by Crippen LogP contribution is -2.01. The second kappa shape index (κ2) is 8.71. The Morgan fingerprint density at radius 3 is 2.48 bits per heavy atom. The molecule has 2 nitrogen and oxygen atoms in total. The normalized spacial score (nSPS) is 10.9. The van der Waals surface area contributed by atoms with Gasteiger partial charge in [-0.3, -0.25) is 0 Å². The summed E-state index contributed by atoms with van der Waals surface area (Å²) < 4.78 is 7.08. The molecule has 146 valence electrons. The number of nitrogens with one attached hydrogen (secondary N) is 1. The van der Waals surface area contributed by atoms with Crippen molar-refractivity contribution < 1.29 is 4.74 Å². The van der Waals surface area contributed by atoms with Crippen molar-refractivity contribution in [3.05, 3.63) is 106 Å². The Bertz CT molecular complexity index is 1150. The highest BCUT2D eigenvalue weighted by atomic mass is 79.9. The summed E-state index contributed by atoms with van der Waals surface area (Å²) in [5.74, 6) is 0.855. The summed E-state index contributed by atoms with van der Waals surface area (Å²) in [7, 11) is 0. The van der Waals surface area contributed by atoms with Gasteiger partial charge in [0.25, 0.3) is 0 Å². The van der Waals surface area contributed by atoms with Crippen molar-refractivity contribution in [1.29, 1.82) is 0 Å². The average Bonchev–Trinajstić information content (AvgIpc) is 2.74. The smallest absolute Gasteiger partial charge is 0.134 e. The minimum absolute atomic E-state index is 0.542.